The van der Waals surface area contributed by atoms with Gasteiger partial charge in [-0.2, -0.15) is 0 Å². The molecule has 6 heteroatoms. The summed E-state index contributed by atoms with van der Waals surface area (Å²) in [5.41, 5.74) is 2.79. The normalized spacial score (nSPS) is 11.2. The lowest BCUT2D eigenvalue weighted by Gasteiger charge is -2.12. The number of anilines is 1. The molecule has 0 aromatic heterocycles. The highest BCUT2D eigenvalue weighted by atomic mass is 32.2. The van der Waals surface area contributed by atoms with Crippen molar-refractivity contribution in [1.29, 1.82) is 0 Å². The highest BCUT2D eigenvalue weighted by Gasteiger charge is 2.18. The highest BCUT2D eigenvalue weighted by molar-refractivity contribution is 7.92. The van der Waals surface area contributed by atoms with Crippen LogP contribution >= 0.6 is 0 Å². The fourth-order valence-corrected chi connectivity index (χ4v) is 3.69. The van der Waals surface area contributed by atoms with Crippen molar-refractivity contribution in [2.24, 2.45) is 0 Å². The second kappa shape index (κ2) is 8.85. The predicted octanol–water partition coefficient (Wildman–Crippen LogP) is 3.89. The number of carbonyl (C=O) groups excluding carboxylic acids is 1. The van der Waals surface area contributed by atoms with Crippen LogP contribution in [0, 0.1) is 6.92 Å². The maximum Gasteiger partial charge on any atom is 0.261 e. The number of unbranched alkanes of at least 4 members (excludes halogenated alkanes) is 1. The number of amides is 1. The lowest BCUT2D eigenvalue weighted by atomic mass is 10.1. The van der Waals surface area contributed by atoms with Crippen LogP contribution in [0.15, 0.2) is 47.4 Å². The fourth-order valence-electron chi connectivity index (χ4n) is 2.60. The van der Waals surface area contributed by atoms with E-state index in [1.54, 1.807) is 25.1 Å². The number of carbonyl (C=O) groups is 1. The van der Waals surface area contributed by atoms with Crippen LogP contribution in [-0.4, -0.2) is 20.9 Å². The topological polar surface area (TPSA) is 75.3 Å². The number of aryl methyl sites for hydroxylation is 2. The molecule has 2 N–H and O–H groups in total. The van der Waals surface area contributed by atoms with E-state index in [1.165, 1.54) is 17.7 Å². The Labute approximate surface area is 155 Å². The van der Waals surface area contributed by atoms with Crippen molar-refractivity contribution >= 4 is 21.6 Å². The summed E-state index contributed by atoms with van der Waals surface area (Å²) in [4.78, 5) is 12.2. The molecule has 0 aliphatic carbocycles. The van der Waals surface area contributed by atoms with E-state index in [0.717, 1.165) is 24.8 Å². The van der Waals surface area contributed by atoms with E-state index in [2.05, 4.69) is 17.0 Å². The Hall–Kier alpha value is -2.34. The molecule has 2 rings (SSSR count). The maximum atomic E-state index is 12.7. The highest BCUT2D eigenvalue weighted by Crippen LogP contribution is 2.20. The molecule has 2 aromatic rings. The largest absolute Gasteiger partial charge is 0.352 e. The van der Waals surface area contributed by atoms with Crippen molar-refractivity contribution in [1.82, 2.24) is 5.32 Å². The van der Waals surface area contributed by atoms with Gasteiger partial charge in [0.05, 0.1) is 4.90 Å². The summed E-state index contributed by atoms with van der Waals surface area (Å²) in [6, 6.07) is 12.0. The van der Waals surface area contributed by atoms with E-state index in [4.69, 9.17) is 0 Å². The van der Waals surface area contributed by atoms with Crippen LogP contribution in [0.3, 0.4) is 0 Å². The number of rotatable bonds is 8. The number of sulfonamides is 1. The zero-order chi connectivity index (χ0) is 19.2. The molecular formula is C20H26N2O3S. The van der Waals surface area contributed by atoms with Gasteiger partial charge >= 0.3 is 0 Å². The van der Waals surface area contributed by atoms with Gasteiger partial charge in [-0.3, -0.25) is 9.52 Å². The Balaban J connectivity index is 2.22. The molecule has 0 bridgehead atoms. The third-order valence-electron chi connectivity index (χ3n) is 4.13. The van der Waals surface area contributed by atoms with E-state index >= 15 is 0 Å². The van der Waals surface area contributed by atoms with Crippen LogP contribution in [-0.2, 0) is 16.4 Å². The zero-order valence-electron chi connectivity index (χ0n) is 15.5. The monoisotopic (exact) mass is 374 g/mol. The van der Waals surface area contributed by atoms with Crippen LogP contribution in [0.4, 0.5) is 5.69 Å². The first-order valence-corrected chi connectivity index (χ1v) is 10.4. The van der Waals surface area contributed by atoms with Gasteiger partial charge in [0.25, 0.3) is 15.9 Å². The molecule has 0 fully saturated rings. The molecule has 26 heavy (non-hydrogen) atoms. The lowest BCUT2D eigenvalue weighted by Crippen LogP contribution is -2.24. The molecule has 0 unspecified atom stereocenters. The Morgan fingerprint density at radius 3 is 2.35 bits per heavy atom. The predicted molar refractivity (Wildman–Crippen MR) is 105 cm³/mol. The van der Waals surface area contributed by atoms with Crippen LogP contribution in [0.25, 0.3) is 0 Å². The summed E-state index contributed by atoms with van der Waals surface area (Å²) in [6.45, 7) is 6.22. The Kier molecular flexibility index (Phi) is 6.80. The molecule has 0 atom stereocenters. The molecule has 5 nitrogen and oxygen atoms in total. The summed E-state index contributed by atoms with van der Waals surface area (Å²) in [5, 5.41) is 2.70. The van der Waals surface area contributed by atoms with Gasteiger partial charge < -0.3 is 5.32 Å². The Morgan fingerprint density at radius 2 is 1.73 bits per heavy atom. The molecule has 0 radical (unpaired) electrons. The van der Waals surface area contributed by atoms with Gasteiger partial charge in [-0.25, -0.2) is 8.42 Å². The number of hydrogen-bond acceptors (Lipinski definition) is 3. The van der Waals surface area contributed by atoms with E-state index in [1.807, 2.05) is 19.1 Å². The van der Waals surface area contributed by atoms with E-state index in [-0.39, 0.29) is 10.8 Å². The summed E-state index contributed by atoms with van der Waals surface area (Å²) in [5.74, 6) is -0.276. The van der Waals surface area contributed by atoms with Gasteiger partial charge in [-0.1, -0.05) is 31.5 Å². The minimum absolute atomic E-state index is 0.0689. The second-order valence-corrected chi connectivity index (χ2v) is 7.92. The van der Waals surface area contributed by atoms with Crippen LogP contribution in [0.5, 0.6) is 0 Å². The van der Waals surface area contributed by atoms with E-state index < -0.39 is 10.0 Å². The summed E-state index contributed by atoms with van der Waals surface area (Å²) < 4.78 is 27.9. The summed E-state index contributed by atoms with van der Waals surface area (Å²) >= 11 is 0. The maximum absolute atomic E-state index is 12.7. The zero-order valence-corrected chi connectivity index (χ0v) is 16.3. The van der Waals surface area contributed by atoms with Crippen LogP contribution < -0.4 is 10.0 Å². The summed E-state index contributed by atoms with van der Waals surface area (Å²) in [7, 11) is -3.76. The molecule has 0 heterocycles. The second-order valence-electron chi connectivity index (χ2n) is 6.24. The SMILES string of the molecule is CCCCc1ccc(NS(=O)(=O)c2ccc(C)c(C(=O)NCC)c2)cc1. The Bertz CT molecular complexity index is 859. The van der Waals surface area contributed by atoms with E-state index in [9.17, 15) is 13.2 Å². The third-order valence-corrected chi connectivity index (χ3v) is 5.51. The van der Waals surface area contributed by atoms with Crippen LogP contribution in [0.1, 0.15) is 48.2 Å². The molecule has 2 aromatic carbocycles. The fraction of sp³-hybridized carbons (Fsp3) is 0.350. The molecule has 0 aliphatic heterocycles. The first-order valence-electron chi connectivity index (χ1n) is 8.88. The quantitative estimate of drug-likeness (QED) is 0.736. The summed E-state index contributed by atoms with van der Waals surface area (Å²) in [6.07, 6.45) is 3.21. The van der Waals surface area contributed by atoms with E-state index in [0.29, 0.717) is 17.8 Å². The number of benzene rings is 2. The van der Waals surface area contributed by atoms with Gasteiger partial charge in [0.1, 0.15) is 0 Å². The van der Waals surface area contributed by atoms with Crippen molar-refractivity contribution in [3.05, 3.63) is 59.2 Å². The minimum atomic E-state index is -3.76. The van der Waals surface area contributed by atoms with Gasteiger partial charge in [0.15, 0.2) is 0 Å². The van der Waals surface area contributed by atoms with Crippen molar-refractivity contribution in [3.63, 3.8) is 0 Å². The van der Waals surface area contributed by atoms with Crippen molar-refractivity contribution in [3.8, 4) is 0 Å². The molecule has 1 amide bonds. The molecule has 140 valence electrons. The molecular weight excluding hydrogens is 348 g/mol. The van der Waals surface area contributed by atoms with Crippen molar-refractivity contribution in [2.75, 3.05) is 11.3 Å². The van der Waals surface area contributed by atoms with Gasteiger partial charge in [-0.05, 0) is 62.1 Å². The number of nitrogens with one attached hydrogen (secondary N) is 2. The van der Waals surface area contributed by atoms with Crippen LogP contribution in [0.2, 0.25) is 0 Å². The van der Waals surface area contributed by atoms with Crippen molar-refractivity contribution < 1.29 is 13.2 Å². The molecule has 0 spiro atoms. The third kappa shape index (κ3) is 5.08. The lowest BCUT2D eigenvalue weighted by molar-refractivity contribution is 0.0955. The smallest absolute Gasteiger partial charge is 0.261 e. The van der Waals surface area contributed by atoms with Gasteiger partial charge in [0, 0.05) is 17.8 Å². The minimum Gasteiger partial charge on any atom is -0.352 e. The first kappa shape index (κ1) is 20.0. The molecule has 0 aliphatic rings. The first-order chi connectivity index (χ1) is 12.4. The standard InChI is InChI=1S/C20H26N2O3S/c1-4-6-7-16-9-11-17(12-10-16)22-26(24,25)18-13-8-15(3)19(14-18)20(23)21-5-2/h8-14,22H,4-7H2,1-3H3,(H,21,23). The molecule has 0 saturated carbocycles. The Morgan fingerprint density at radius 1 is 1.04 bits per heavy atom. The average molecular weight is 375 g/mol. The van der Waals surface area contributed by atoms with Gasteiger partial charge in [-0.15, -0.1) is 0 Å². The van der Waals surface area contributed by atoms with Gasteiger partial charge in [0.2, 0.25) is 0 Å². The molecule has 0 saturated heterocycles. The van der Waals surface area contributed by atoms with Crippen molar-refractivity contribution in [2.45, 2.75) is 44.9 Å². The number of hydrogen-bond donors (Lipinski definition) is 2. The average Bonchev–Trinajstić information content (AvgIpc) is 2.61.